The van der Waals surface area contributed by atoms with Crippen LogP contribution in [0.4, 0.5) is 0 Å². The third-order valence-electron chi connectivity index (χ3n) is 3.76. The summed E-state index contributed by atoms with van der Waals surface area (Å²) in [5.74, 6) is 1.62. The van der Waals surface area contributed by atoms with E-state index in [-0.39, 0.29) is 0 Å². The average molecular weight is 225 g/mol. The monoisotopic (exact) mass is 225 g/mol. The van der Waals surface area contributed by atoms with Gasteiger partial charge in [-0.25, -0.2) is 0 Å². The number of hydrogen-bond donors (Lipinski definition) is 0. The Balaban J connectivity index is 4.26. The summed E-state index contributed by atoms with van der Waals surface area (Å²) in [6.07, 6.45) is 6.36. The molecule has 0 aromatic carbocycles. The van der Waals surface area contributed by atoms with Gasteiger partial charge in [-0.05, 0) is 41.9 Å². The van der Waals surface area contributed by atoms with Crippen molar-refractivity contribution in [3.8, 4) is 0 Å². The molecule has 0 spiro atoms. The molecule has 0 nitrogen and oxygen atoms in total. The van der Waals surface area contributed by atoms with Crippen LogP contribution >= 0.6 is 0 Å². The normalized spacial score (nSPS) is 15.6. The van der Waals surface area contributed by atoms with Crippen LogP contribution in [0, 0.1) is 29.1 Å². The van der Waals surface area contributed by atoms with Crippen molar-refractivity contribution in [2.75, 3.05) is 0 Å². The quantitative estimate of drug-likeness (QED) is 0.561. The van der Waals surface area contributed by atoms with Crippen LogP contribution in [0.15, 0.2) is 0 Å². The molecular formula is C16H33. The maximum absolute atomic E-state index is 2.52. The molecule has 1 unspecified atom stereocenters. The summed E-state index contributed by atoms with van der Waals surface area (Å²) < 4.78 is 0. The lowest BCUT2D eigenvalue weighted by Gasteiger charge is -2.41. The van der Waals surface area contributed by atoms with Gasteiger partial charge < -0.3 is 0 Å². The Kier molecular flexibility index (Phi) is 6.07. The van der Waals surface area contributed by atoms with Crippen molar-refractivity contribution < 1.29 is 0 Å². The molecule has 0 saturated carbocycles. The fourth-order valence-corrected chi connectivity index (χ4v) is 2.72. The second kappa shape index (κ2) is 6.07. The van der Waals surface area contributed by atoms with Gasteiger partial charge in [-0.1, -0.05) is 61.8 Å². The maximum atomic E-state index is 2.52. The van der Waals surface area contributed by atoms with Gasteiger partial charge in [-0.2, -0.15) is 0 Å². The second-order valence-electron chi connectivity index (χ2n) is 7.56. The van der Waals surface area contributed by atoms with Gasteiger partial charge >= 0.3 is 0 Å². The smallest absolute Gasteiger partial charge is 0.0314 e. The van der Waals surface area contributed by atoms with Crippen LogP contribution in [0.25, 0.3) is 0 Å². The molecule has 16 heavy (non-hydrogen) atoms. The van der Waals surface area contributed by atoms with Crippen LogP contribution in [0.2, 0.25) is 0 Å². The summed E-state index contributed by atoms with van der Waals surface area (Å²) in [6, 6.07) is 0. The minimum atomic E-state index is 0.407. The van der Waals surface area contributed by atoms with E-state index in [1.165, 1.54) is 19.3 Å². The molecule has 0 rings (SSSR count). The summed E-state index contributed by atoms with van der Waals surface area (Å²) in [4.78, 5) is 0. The van der Waals surface area contributed by atoms with Gasteiger partial charge in [0.2, 0.25) is 0 Å². The first kappa shape index (κ1) is 16.0. The highest BCUT2D eigenvalue weighted by atomic mass is 14.4. The zero-order chi connectivity index (χ0) is 13.0. The van der Waals surface area contributed by atoms with Crippen molar-refractivity contribution in [2.45, 2.75) is 74.7 Å². The largest absolute Gasteiger partial charge is 0.0651 e. The molecule has 0 bridgehead atoms. The molecular weight excluding hydrogens is 192 g/mol. The van der Waals surface area contributed by atoms with Gasteiger partial charge in [-0.3, -0.25) is 0 Å². The van der Waals surface area contributed by atoms with Gasteiger partial charge in [0.15, 0.2) is 0 Å². The molecule has 0 aromatic rings. The van der Waals surface area contributed by atoms with E-state index >= 15 is 0 Å². The topological polar surface area (TPSA) is 0 Å². The molecule has 0 aliphatic carbocycles. The van der Waals surface area contributed by atoms with E-state index in [4.69, 9.17) is 0 Å². The zero-order valence-corrected chi connectivity index (χ0v) is 12.9. The predicted octanol–water partition coefficient (Wildman–Crippen LogP) is 5.73. The molecule has 97 valence electrons. The first-order valence-electron chi connectivity index (χ1n) is 6.90. The molecule has 0 heteroatoms. The van der Waals surface area contributed by atoms with Crippen molar-refractivity contribution in [2.24, 2.45) is 22.7 Å². The van der Waals surface area contributed by atoms with Crippen molar-refractivity contribution in [1.29, 1.82) is 0 Å². The molecule has 0 saturated heterocycles. The molecule has 0 amide bonds. The van der Waals surface area contributed by atoms with Crippen LogP contribution in [0.1, 0.15) is 74.7 Å². The molecule has 0 heterocycles. The van der Waals surface area contributed by atoms with E-state index in [1.54, 1.807) is 0 Å². The molecule has 0 fully saturated rings. The SMILES string of the molecule is CCC(C)C[CH]CC(C(C)(C)C)C(C)(C)C. The van der Waals surface area contributed by atoms with Crippen molar-refractivity contribution in [1.82, 2.24) is 0 Å². The molecule has 1 atom stereocenters. The summed E-state index contributed by atoms with van der Waals surface area (Å²) >= 11 is 0. The highest BCUT2D eigenvalue weighted by molar-refractivity contribution is 4.88. The molecule has 0 aliphatic rings. The van der Waals surface area contributed by atoms with E-state index in [0.717, 1.165) is 11.8 Å². The van der Waals surface area contributed by atoms with E-state index in [1.807, 2.05) is 0 Å². The van der Waals surface area contributed by atoms with E-state index in [2.05, 4.69) is 61.8 Å². The van der Waals surface area contributed by atoms with E-state index in [9.17, 15) is 0 Å². The lowest BCUT2D eigenvalue weighted by molar-refractivity contribution is 0.0995. The first-order chi connectivity index (χ1) is 7.09. The third kappa shape index (κ3) is 5.92. The van der Waals surface area contributed by atoms with Gasteiger partial charge in [0.05, 0.1) is 0 Å². The Morgan fingerprint density at radius 3 is 1.62 bits per heavy atom. The lowest BCUT2D eigenvalue weighted by Crippen LogP contribution is -2.32. The van der Waals surface area contributed by atoms with E-state index in [0.29, 0.717) is 10.8 Å². The molecule has 0 N–H and O–H groups in total. The molecule has 1 radical (unpaired) electrons. The van der Waals surface area contributed by atoms with E-state index < -0.39 is 0 Å². The zero-order valence-electron chi connectivity index (χ0n) is 12.9. The summed E-state index contributed by atoms with van der Waals surface area (Å²) in [5.41, 5.74) is 0.814. The van der Waals surface area contributed by atoms with Crippen LogP contribution in [-0.2, 0) is 0 Å². The minimum Gasteiger partial charge on any atom is -0.0651 e. The van der Waals surface area contributed by atoms with Gasteiger partial charge in [0.25, 0.3) is 0 Å². The van der Waals surface area contributed by atoms with Gasteiger partial charge in [-0.15, -0.1) is 0 Å². The van der Waals surface area contributed by atoms with Crippen LogP contribution in [-0.4, -0.2) is 0 Å². The number of rotatable bonds is 5. The highest BCUT2D eigenvalue weighted by Gasteiger charge is 2.34. The second-order valence-corrected chi connectivity index (χ2v) is 7.56. The Bertz CT molecular complexity index is 163. The van der Waals surface area contributed by atoms with Crippen molar-refractivity contribution in [3.63, 3.8) is 0 Å². The fourth-order valence-electron chi connectivity index (χ4n) is 2.72. The summed E-state index contributed by atoms with van der Waals surface area (Å²) in [5, 5.41) is 0. The Hall–Kier alpha value is 0. The molecule has 0 aliphatic heterocycles. The Morgan fingerprint density at radius 2 is 1.31 bits per heavy atom. The van der Waals surface area contributed by atoms with Crippen molar-refractivity contribution >= 4 is 0 Å². The third-order valence-corrected chi connectivity index (χ3v) is 3.76. The summed E-state index contributed by atoms with van der Waals surface area (Å²) in [6.45, 7) is 18.9. The minimum absolute atomic E-state index is 0.407. The molecule has 0 aromatic heterocycles. The van der Waals surface area contributed by atoms with Crippen LogP contribution in [0.5, 0.6) is 0 Å². The first-order valence-corrected chi connectivity index (χ1v) is 6.90. The van der Waals surface area contributed by atoms with Gasteiger partial charge in [0.1, 0.15) is 0 Å². The summed E-state index contributed by atoms with van der Waals surface area (Å²) in [7, 11) is 0. The highest BCUT2D eigenvalue weighted by Crippen LogP contribution is 2.42. The number of hydrogen-bond acceptors (Lipinski definition) is 0. The van der Waals surface area contributed by atoms with Gasteiger partial charge in [0, 0.05) is 0 Å². The Labute approximate surface area is 104 Å². The maximum Gasteiger partial charge on any atom is -0.0314 e. The standard InChI is InChI=1S/C16H33/c1-9-13(2)11-10-12-14(15(3,4)5)16(6,7)8/h10,13-14H,9,11-12H2,1-8H3. The van der Waals surface area contributed by atoms with Crippen LogP contribution in [0.3, 0.4) is 0 Å². The van der Waals surface area contributed by atoms with Crippen molar-refractivity contribution in [3.05, 3.63) is 6.42 Å². The average Bonchev–Trinajstić information content (AvgIpc) is 2.07. The Morgan fingerprint density at radius 1 is 0.875 bits per heavy atom. The fraction of sp³-hybridized carbons (Fsp3) is 0.938. The lowest BCUT2D eigenvalue weighted by atomic mass is 9.64. The van der Waals surface area contributed by atoms with Crippen LogP contribution < -0.4 is 0 Å². The predicted molar refractivity (Wildman–Crippen MR) is 75.4 cm³/mol.